The molecule has 1 amide bonds. The van der Waals surface area contributed by atoms with Crippen molar-refractivity contribution >= 4 is 28.7 Å². The summed E-state index contributed by atoms with van der Waals surface area (Å²) in [4.78, 5) is 29.0. The number of carbonyl (C=O) groups is 1. The number of nitrogens with one attached hydrogen (secondary N) is 1. The lowest BCUT2D eigenvalue weighted by atomic mass is 10.0. The number of amides is 1. The van der Waals surface area contributed by atoms with Gasteiger partial charge in [0.15, 0.2) is 11.5 Å². The van der Waals surface area contributed by atoms with Gasteiger partial charge in [-0.05, 0) is 30.3 Å². The van der Waals surface area contributed by atoms with E-state index in [1.54, 1.807) is 41.3 Å². The van der Waals surface area contributed by atoms with Gasteiger partial charge in [-0.15, -0.1) is 0 Å². The monoisotopic (exact) mass is 488 g/mol. The predicted octanol–water partition coefficient (Wildman–Crippen LogP) is 3.97. The quantitative estimate of drug-likeness (QED) is 0.434. The van der Waals surface area contributed by atoms with Crippen LogP contribution in [0.25, 0.3) is 0 Å². The molecule has 3 aromatic rings. The molecule has 3 heterocycles. The molecule has 36 heavy (non-hydrogen) atoms. The van der Waals surface area contributed by atoms with Gasteiger partial charge in [0.2, 0.25) is 0 Å². The van der Waals surface area contributed by atoms with Crippen molar-refractivity contribution in [2.75, 3.05) is 54.6 Å². The van der Waals surface area contributed by atoms with E-state index in [9.17, 15) is 14.9 Å². The highest BCUT2D eigenvalue weighted by atomic mass is 16.6. The Morgan fingerprint density at radius 3 is 2.50 bits per heavy atom. The molecule has 0 aliphatic carbocycles. The van der Waals surface area contributed by atoms with Gasteiger partial charge in [-0.3, -0.25) is 19.8 Å². The molecule has 10 nitrogen and oxygen atoms in total. The smallest absolute Gasteiger partial charge is 0.292 e. The first-order valence-electron chi connectivity index (χ1n) is 11.8. The summed E-state index contributed by atoms with van der Waals surface area (Å²) in [7, 11) is 0. The van der Waals surface area contributed by atoms with Crippen molar-refractivity contribution in [3.63, 3.8) is 0 Å². The van der Waals surface area contributed by atoms with Crippen LogP contribution in [0.1, 0.15) is 22.1 Å². The molecule has 6 rings (SSSR count). The van der Waals surface area contributed by atoms with Crippen LogP contribution >= 0.6 is 0 Å². The molecule has 0 radical (unpaired) electrons. The molecule has 0 unspecified atom stereocenters. The van der Waals surface area contributed by atoms with Crippen molar-refractivity contribution < 1.29 is 23.9 Å². The molecule has 10 heteroatoms. The van der Waals surface area contributed by atoms with Crippen molar-refractivity contribution in [3.05, 3.63) is 81.9 Å². The average Bonchev–Trinajstić information content (AvgIpc) is 2.93. The van der Waals surface area contributed by atoms with Crippen molar-refractivity contribution in [2.24, 2.45) is 0 Å². The number of fused-ring (bicyclic) bond motifs is 2. The van der Waals surface area contributed by atoms with Crippen molar-refractivity contribution in [1.82, 2.24) is 0 Å². The Labute approximate surface area is 207 Å². The maximum atomic E-state index is 13.8. The van der Waals surface area contributed by atoms with Crippen LogP contribution in [0, 0.1) is 10.1 Å². The summed E-state index contributed by atoms with van der Waals surface area (Å²) in [6.45, 7) is 3.09. The minimum Gasteiger partial charge on any atom is -0.486 e. The molecule has 0 saturated carbocycles. The van der Waals surface area contributed by atoms with E-state index in [2.05, 4.69) is 5.32 Å². The zero-order chi connectivity index (χ0) is 24.6. The Morgan fingerprint density at radius 1 is 0.917 bits per heavy atom. The Kier molecular flexibility index (Phi) is 5.57. The molecule has 184 valence electrons. The SMILES string of the molecule is O=C1c2ccccc2N[C@H](c2ccc(N3CCOCC3)c([N+](=O)[O-])c2)N1c1ccc2c(c1)OCCO2. The van der Waals surface area contributed by atoms with E-state index in [0.29, 0.717) is 79.2 Å². The summed E-state index contributed by atoms with van der Waals surface area (Å²) in [6.07, 6.45) is -0.674. The zero-order valence-corrected chi connectivity index (χ0v) is 19.4. The number of benzene rings is 3. The van der Waals surface area contributed by atoms with Crippen LogP contribution in [0.3, 0.4) is 0 Å². The van der Waals surface area contributed by atoms with Crippen LogP contribution < -0.4 is 24.6 Å². The third kappa shape index (κ3) is 3.85. The second kappa shape index (κ2) is 9.04. The van der Waals surface area contributed by atoms with Crippen molar-refractivity contribution in [1.29, 1.82) is 0 Å². The molecule has 1 fully saturated rings. The Bertz CT molecular complexity index is 1340. The second-order valence-electron chi connectivity index (χ2n) is 8.70. The Hall–Kier alpha value is -4.31. The molecule has 0 aromatic heterocycles. The first-order valence-corrected chi connectivity index (χ1v) is 11.8. The Morgan fingerprint density at radius 2 is 1.69 bits per heavy atom. The number of anilines is 3. The molecule has 3 aliphatic heterocycles. The van der Waals surface area contributed by atoms with E-state index < -0.39 is 6.17 Å². The lowest BCUT2D eigenvalue weighted by molar-refractivity contribution is -0.384. The summed E-state index contributed by atoms with van der Waals surface area (Å²) >= 11 is 0. The first kappa shape index (κ1) is 22.2. The van der Waals surface area contributed by atoms with Crippen molar-refractivity contribution in [2.45, 2.75) is 6.17 Å². The molecule has 3 aliphatic rings. The van der Waals surface area contributed by atoms with Gasteiger partial charge in [0.1, 0.15) is 25.1 Å². The van der Waals surface area contributed by atoms with E-state index >= 15 is 0 Å². The number of para-hydroxylation sites is 1. The van der Waals surface area contributed by atoms with Gasteiger partial charge in [0, 0.05) is 36.5 Å². The van der Waals surface area contributed by atoms with Crippen LogP contribution in [0.5, 0.6) is 11.5 Å². The average molecular weight is 489 g/mol. The van der Waals surface area contributed by atoms with Crippen LogP contribution in [0.2, 0.25) is 0 Å². The molecule has 1 N–H and O–H groups in total. The highest BCUT2D eigenvalue weighted by molar-refractivity contribution is 6.12. The molecule has 0 bridgehead atoms. The summed E-state index contributed by atoms with van der Waals surface area (Å²) < 4.78 is 16.8. The summed E-state index contributed by atoms with van der Waals surface area (Å²) in [5.74, 6) is 0.952. The van der Waals surface area contributed by atoms with E-state index in [0.717, 1.165) is 0 Å². The van der Waals surface area contributed by atoms with Crippen LogP contribution in [-0.2, 0) is 4.74 Å². The largest absolute Gasteiger partial charge is 0.486 e. The number of carbonyl (C=O) groups excluding carboxylic acids is 1. The van der Waals surface area contributed by atoms with E-state index in [1.165, 1.54) is 0 Å². The van der Waals surface area contributed by atoms with Gasteiger partial charge in [-0.2, -0.15) is 0 Å². The standard InChI is InChI=1S/C26H24N4O6/c31-26-19-3-1-2-4-20(19)27-25(29(26)18-6-8-23-24(16-18)36-14-13-35-23)17-5-7-21(22(15-17)30(32)33)28-9-11-34-12-10-28/h1-8,15-16,25,27H,9-14H2/t25-/m0/s1. The van der Waals surface area contributed by atoms with Gasteiger partial charge in [0.25, 0.3) is 11.6 Å². The number of nitrogens with zero attached hydrogens (tertiary/aromatic N) is 3. The number of hydrogen-bond donors (Lipinski definition) is 1. The van der Waals surface area contributed by atoms with E-state index in [-0.39, 0.29) is 16.5 Å². The van der Waals surface area contributed by atoms with Gasteiger partial charge < -0.3 is 24.4 Å². The molecule has 1 atom stereocenters. The van der Waals surface area contributed by atoms with Crippen LogP contribution in [-0.4, -0.2) is 50.3 Å². The number of morpholine rings is 1. The summed E-state index contributed by atoms with van der Waals surface area (Å²) in [5.41, 5.74) is 2.90. The van der Waals surface area contributed by atoms with Crippen LogP contribution in [0.15, 0.2) is 60.7 Å². The minimum absolute atomic E-state index is 0.00960. The van der Waals surface area contributed by atoms with Gasteiger partial charge in [-0.25, -0.2) is 0 Å². The van der Waals surface area contributed by atoms with Gasteiger partial charge in [-0.1, -0.05) is 18.2 Å². The third-order valence-electron chi connectivity index (χ3n) is 6.59. The molecule has 1 saturated heterocycles. The lowest BCUT2D eigenvalue weighted by Gasteiger charge is -2.38. The van der Waals surface area contributed by atoms with E-state index in [4.69, 9.17) is 14.2 Å². The van der Waals surface area contributed by atoms with Gasteiger partial charge >= 0.3 is 0 Å². The highest BCUT2D eigenvalue weighted by Crippen LogP contribution is 2.42. The van der Waals surface area contributed by atoms with Crippen LogP contribution in [0.4, 0.5) is 22.7 Å². The first-order chi connectivity index (χ1) is 17.6. The highest BCUT2D eigenvalue weighted by Gasteiger charge is 2.36. The third-order valence-corrected chi connectivity index (χ3v) is 6.59. The molecular weight excluding hydrogens is 464 g/mol. The molecule has 3 aromatic carbocycles. The fourth-order valence-corrected chi connectivity index (χ4v) is 4.86. The van der Waals surface area contributed by atoms with E-state index in [1.807, 2.05) is 29.2 Å². The number of nitro groups is 1. The summed E-state index contributed by atoms with van der Waals surface area (Å²) in [5, 5.41) is 15.5. The second-order valence-corrected chi connectivity index (χ2v) is 8.70. The Balaban J connectivity index is 1.45. The maximum absolute atomic E-state index is 13.8. The number of hydrogen-bond acceptors (Lipinski definition) is 8. The lowest BCUT2D eigenvalue weighted by Crippen LogP contribution is -2.43. The fourth-order valence-electron chi connectivity index (χ4n) is 4.86. The number of ether oxygens (including phenoxy) is 3. The predicted molar refractivity (Wildman–Crippen MR) is 133 cm³/mol. The number of rotatable bonds is 4. The normalized spacial score (nSPS) is 18.9. The molecular formula is C26H24N4O6. The van der Waals surface area contributed by atoms with Gasteiger partial charge in [0.05, 0.1) is 29.4 Å². The molecule has 0 spiro atoms. The number of nitro benzene ring substituents is 1. The fraction of sp³-hybridized carbons (Fsp3) is 0.269. The maximum Gasteiger partial charge on any atom is 0.292 e. The summed E-state index contributed by atoms with van der Waals surface area (Å²) in [6, 6.07) is 17.7. The minimum atomic E-state index is -0.674. The zero-order valence-electron chi connectivity index (χ0n) is 19.4. The van der Waals surface area contributed by atoms with Crippen molar-refractivity contribution in [3.8, 4) is 11.5 Å². The topological polar surface area (TPSA) is 106 Å².